The average Bonchev–Trinajstić information content (AvgIpc) is 3.84. The summed E-state index contributed by atoms with van der Waals surface area (Å²) in [6.45, 7) is 5.21. The zero-order valence-electron chi connectivity index (χ0n) is 21.2. The Labute approximate surface area is 216 Å². The molecule has 2 saturated heterocycles. The molecule has 2 aliphatic carbocycles. The van der Waals surface area contributed by atoms with E-state index in [9.17, 15) is 9.59 Å². The summed E-state index contributed by atoms with van der Waals surface area (Å²) in [5, 5.41) is 0. The van der Waals surface area contributed by atoms with E-state index in [0.717, 1.165) is 5.82 Å². The molecule has 1 aromatic heterocycles. The van der Waals surface area contributed by atoms with Crippen molar-refractivity contribution in [1.82, 2.24) is 9.88 Å². The number of cyclic esters (lactones) is 1. The Kier molecular flexibility index (Phi) is 6.48. The van der Waals surface area contributed by atoms with E-state index in [1.54, 1.807) is 11.0 Å². The van der Waals surface area contributed by atoms with E-state index in [2.05, 4.69) is 11.0 Å². The summed E-state index contributed by atoms with van der Waals surface area (Å²) >= 11 is 0. The molecule has 3 heterocycles. The molecule has 0 N–H and O–H groups in total. The lowest BCUT2D eigenvalue weighted by atomic mass is 10.1. The van der Waals surface area contributed by atoms with Crippen molar-refractivity contribution in [2.45, 2.75) is 50.5 Å². The number of ether oxygens (including phenoxy) is 2. The summed E-state index contributed by atoms with van der Waals surface area (Å²) in [6.07, 6.45) is 6.46. The van der Waals surface area contributed by atoms with Crippen molar-refractivity contribution in [2.24, 2.45) is 0 Å². The molecular weight excluding hydrogens is 475 g/mol. The van der Waals surface area contributed by atoms with Crippen molar-refractivity contribution in [2.75, 3.05) is 55.8 Å². The van der Waals surface area contributed by atoms with Gasteiger partial charge in [0, 0.05) is 39.0 Å². The number of piperazine rings is 1. The highest BCUT2D eigenvalue weighted by atomic mass is 19.1. The van der Waals surface area contributed by atoms with E-state index < -0.39 is 11.9 Å². The molecular formula is C28H33FN4O4. The van der Waals surface area contributed by atoms with Crippen molar-refractivity contribution in [3.05, 3.63) is 53.0 Å². The molecule has 37 heavy (non-hydrogen) atoms. The maximum absolute atomic E-state index is 15.1. The number of anilines is 2. The highest BCUT2D eigenvalue weighted by Crippen LogP contribution is 2.47. The van der Waals surface area contributed by atoms with Crippen LogP contribution < -0.4 is 9.80 Å². The monoisotopic (exact) mass is 508 g/mol. The maximum atomic E-state index is 15.1. The molecule has 4 fully saturated rings. The van der Waals surface area contributed by atoms with Gasteiger partial charge in [0.15, 0.2) is 0 Å². The molecule has 4 aliphatic rings. The van der Waals surface area contributed by atoms with Crippen molar-refractivity contribution in [3.63, 3.8) is 0 Å². The van der Waals surface area contributed by atoms with Gasteiger partial charge in [-0.1, -0.05) is 6.07 Å². The first-order valence-corrected chi connectivity index (χ1v) is 13.4. The van der Waals surface area contributed by atoms with Gasteiger partial charge < -0.3 is 19.3 Å². The number of halogens is 1. The molecule has 0 bridgehead atoms. The predicted octanol–water partition coefficient (Wildman–Crippen LogP) is 4.30. The van der Waals surface area contributed by atoms with E-state index in [0.29, 0.717) is 56.9 Å². The summed E-state index contributed by atoms with van der Waals surface area (Å²) in [5.41, 5.74) is 3.09. The number of carbonyl (C=O) groups is 2. The molecule has 2 aromatic rings. The second-order valence-electron chi connectivity index (χ2n) is 10.4. The first kappa shape index (κ1) is 24.2. The fourth-order valence-corrected chi connectivity index (χ4v) is 5.36. The molecule has 6 rings (SSSR count). The Hall–Kier alpha value is -3.20. The molecule has 8 nitrogen and oxygen atoms in total. The van der Waals surface area contributed by atoms with Gasteiger partial charge in [-0.25, -0.2) is 14.2 Å². The van der Waals surface area contributed by atoms with Gasteiger partial charge in [0.05, 0.1) is 23.9 Å². The first-order chi connectivity index (χ1) is 18.0. The number of hydrogen-bond donors (Lipinski definition) is 0. The zero-order chi connectivity index (χ0) is 25.5. The molecule has 0 radical (unpaired) electrons. The lowest BCUT2D eigenvalue weighted by Crippen LogP contribution is -2.49. The summed E-state index contributed by atoms with van der Waals surface area (Å²) in [6, 6.07) is 6.34. The second kappa shape index (κ2) is 9.93. The summed E-state index contributed by atoms with van der Waals surface area (Å²) in [5.74, 6) is 1.36. The van der Waals surface area contributed by atoms with E-state index in [4.69, 9.17) is 14.5 Å². The third-order valence-corrected chi connectivity index (χ3v) is 7.79. The van der Waals surface area contributed by atoms with Gasteiger partial charge in [-0.05, 0) is 73.8 Å². The Bertz CT molecular complexity index is 1190. The molecule has 0 spiro atoms. The van der Waals surface area contributed by atoms with Crippen LogP contribution in [0.3, 0.4) is 0 Å². The largest absolute Gasteiger partial charge is 0.447 e. The van der Waals surface area contributed by atoms with Crippen molar-refractivity contribution >= 4 is 23.5 Å². The highest BCUT2D eigenvalue weighted by molar-refractivity contribution is 5.96. The summed E-state index contributed by atoms with van der Waals surface area (Å²) < 4.78 is 25.7. The number of carbonyl (C=O) groups excluding carboxylic acids is 2. The Morgan fingerprint density at radius 2 is 1.86 bits per heavy atom. The van der Waals surface area contributed by atoms with Crippen molar-refractivity contribution in [1.29, 1.82) is 0 Å². The van der Waals surface area contributed by atoms with Gasteiger partial charge in [-0.15, -0.1) is 0 Å². The zero-order valence-corrected chi connectivity index (χ0v) is 21.2. The fraction of sp³-hybridized carbons (Fsp3) is 0.536. The fourth-order valence-electron chi connectivity index (χ4n) is 5.36. The molecule has 1 unspecified atom stereocenters. The predicted molar refractivity (Wildman–Crippen MR) is 137 cm³/mol. The molecule has 2 saturated carbocycles. The molecule has 2 aliphatic heterocycles. The molecule has 196 valence electrons. The Morgan fingerprint density at radius 3 is 2.54 bits per heavy atom. The average molecular weight is 509 g/mol. The minimum atomic E-state index is -0.645. The number of benzene rings is 1. The summed E-state index contributed by atoms with van der Waals surface area (Å²) in [7, 11) is 0. The van der Waals surface area contributed by atoms with Crippen LogP contribution in [-0.4, -0.2) is 73.9 Å². The van der Waals surface area contributed by atoms with Crippen LogP contribution >= 0.6 is 0 Å². The van der Waals surface area contributed by atoms with Gasteiger partial charge in [-0.3, -0.25) is 9.69 Å². The van der Waals surface area contributed by atoms with Gasteiger partial charge in [-0.2, -0.15) is 0 Å². The number of nitrogens with zero attached hydrogens (tertiary/aromatic N) is 4. The van der Waals surface area contributed by atoms with Crippen LogP contribution in [0.5, 0.6) is 0 Å². The standard InChI is InChI=1S/C28H33FN4O4/c1-2-36-16-22-17-37-28(35)33(22)21-7-8-23(25(29)14-21)27(34)32-11-9-31(10-12-32)26-24(19-5-6-19)13-20(15-30-26)18-3-4-18/h7-8,13-15,18-19,22H,2-6,9-12,16-17H2,1H3. The van der Waals surface area contributed by atoms with Crippen LogP contribution in [0.4, 0.5) is 20.7 Å². The number of pyridine rings is 1. The van der Waals surface area contributed by atoms with E-state index >= 15 is 4.39 Å². The minimum Gasteiger partial charge on any atom is -0.447 e. The molecule has 1 aromatic carbocycles. The lowest BCUT2D eigenvalue weighted by Gasteiger charge is -2.36. The summed E-state index contributed by atoms with van der Waals surface area (Å²) in [4.78, 5) is 35.7. The Morgan fingerprint density at radius 1 is 1.11 bits per heavy atom. The number of aromatic nitrogens is 1. The minimum absolute atomic E-state index is 0.0108. The number of amides is 2. The molecule has 1 atom stereocenters. The maximum Gasteiger partial charge on any atom is 0.414 e. The number of hydrogen-bond acceptors (Lipinski definition) is 6. The van der Waals surface area contributed by atoms with E-state index in [-0.39, 0.29) is 24.1 Å². The van der Waals surface area contributed by atoms with Crippen LogP contribution in [0.1, 0.15) is 65.9 Å². The quantitative estimate of drug-likeness (QED) is 0.529. The van der Waals surface area contributed by atoms with Crippen molar-refractivity contribution in [3.8, 4) is 0 Å². The smallest absolute Gasteiger partial charge is 0.414 e. The topological polar surface area (TPSA) is 75.2 Å². The van der Waals surface area contributed by atoms with Crippen LogP contribution in [0.2, 0.25) is 0 Å². The second-order valence-corrected chi connectivity index (χ2v) is 10.4. The Balaban J connectivity index is 1.12. The van der Waals surface area contributed by atoms with Crippen LogP contribution in [-0.2, 0) is 9.47 Å². The third-order valence-electron chi connectivity index (χ3n) is 7.79. The van der Waals surface area contributed by atoms with Gasteiger partial charge in [0.1, 0.15) is 18.2 Å². The third kappa shape index (κ3) is 4.89. The normalized spacial score (nSPS) is 21.9. The molecule has 9 heteroatoms. The van der Waals surface area contributed by atoms with Crippen LogP contribution in [0.25, 0.3) is 0 Å². The number of rotatable bonds is 8. The van der Waals surface area contributed by atoms with Crippen molar-refractivity contribution < 1.29 is 23.5 Å². The SMILES string of the molecule is CCOCC1COC(=O)N1c1ccc(C(=O)N2CCN(c3ncc(C4CC4)cc3C3CC3)CC2)c(F)c1. The van der Waals surface area contributed by atoms with Gasteiger partial charge in [0.2, 0.25) is 0 Å². The van der Waals surface area contributed by atoms with E-state index in [1.807, 2.05) is 13.1 Å². The van der Waals surface area contributed by atoms with Crippen LogP contribution in [0.15, 0.2) is 30.5 Å². The lowest BCUT2D eigenvalue weighted by molar-refractivity contribution is 0.0741. The van der Waals surface area contributed by atoms with E-state index in [1.165, 1.54) is 53.8 Å². The highest BCUT2D eigenvalue weighted by Gasteiger charge is 2.36. The van der Waals surface area contributed by atoms with Gasteiger partial charge >= 0.3 is 6.09 Å². The first-order valence-electron chi connectivity index (χ1n) is 13.4. The van der Waals surface area contributed by atoms with Gasteiger partial charge in [0.25, 0.3) is 5.91 Å². The van der Waals surface area contributed by atoms with Crippen LogP contribution in [0, 0.1) is 5.82 Å². The molecule has 2 amide bonds.